The highest BCUT2D eigenvalue weighted by atomic mass is 79.9. The van der Waals surface area contributed by atoms with Crippen LogP contribution in [0, 0.1) is 5.82 Å². The normalized spacial score (nSPS) is 14.9. The molecule has 6 heteroatoms. The van der Waals surface area contributed by atoms with Crippen LogP contribution in [0.15, 0.2) is 40.9 Å². The summed E-state index contributed by atoms with van der Waals surface area (Å²) in [5, 5.41) is 2.71. The van der Waals surface area contributed by atoms with Crippen LogP contribution in [-0.2, 0) is 4.79 Å². The van der Waals surface area contributed by atoms with Crippen LogP contribution < -0.4 is 15.8 Å². The van der Waals surface area contributed by atoms with Crippen molar-refractivity contribution in [3.05, 3.63) is 57.8 Å². The number of hydrogen-bond acceptors (Lipinski definition) is 3. The van der Waals surface area contributed by atoms with Gasteiger partial charge in [0.05, 0.1) is 16.2 Å². The fourth-order valence-electron chi connectivity index (χ4n) is 2.23. The molecule has 3 N–H and O–H groups in total. The molecule has 0 aliphatic carbocycles. The summed E-state index contributed by atoms with van der Waals surface area (Å²) in [5.41, 5.74) is 7.76. The first-order valence-corrected chi connectivity index (χ1v) is 7.11. The minimum absolute atomic E-state index is 0.00133. The van der Waals surface area contributed by atoms with Crippen LogP contribution in [0.4, 0.5) is 10.1 Å². The molecule has 4 nitrogen and oxygen atoms in total. The third kappa shape index (κ3) is 2.64. The van der Waals surface area contributed by atoms with Crippen molar-refractivity contribution in [3.63, 3.8) is 0 Å². The molecule has 1 unspecified atom stereocenters. The van der Waals surface area contributed by atoms with Gasteiger partial charge in [-0.05, 0) is 39.7 Å². The highest BCUT2D eigenvalue weighted by molar-refractivity contribution is 9.10. The number of carbonyl (C=O) groups excluding carboxylic acids is 1. The molecule has 0 fully saturated rings. The van der Waals surface area contributed by atoms with Gasteiger partial charge in [-0.1, -0.05) is 18.2 Å². The Morgan fingerprint density at radius 3 is 2.95 bits per heavy atom. The van der Waals surface area contributed by atoms with Gasteiger partial charge in [0.2, 0.25) is 0 Å². The Labute approximate surface area is 129 Å². The third-order valence-electron chi connectivity index (χ3n) is 3.31. The van der Waals surface area contributed by atoms with Gasteiger partial charge in [-0.3, -0.25) is 4.79 Å². The maximum Gasteiger partial charge on any atom is 0.262 e. The molecule has 1 atom stereocenters. The highest BCUT2D eigenvalue weighted by Gasteiger charge is 2.20. The van der Waals surface area contributed by atoms with Crippen LogP contribution in [0.25, 0.3) is 0 Å². The first-order chi connectivity index (χ1) is 10.1. The Bertz CT molecular complexity index is 721. The van der Waals surface area contributed by atoms with Crippen molar-refractivity contribution < 1.29 is 13.9 Å². The number of halogens is 2. The minimum Gasteiger partial charge on any atom is -0.482 e. The zero-order valence-corrected chi connectivity index (χ0v) is 12.5. The molecule has 1 heterocycles. The average Bonchev–Trinajstić information content (AvgIpc) is 2.48. The Balaban J connectivity index is 1.98. The lowest BCUT2D eigenvalue weighted by molar-refractivity contribution is -0.118. The predicted molar refractivity (Wildman–Crippen MR) is 80.7 cm³/mol. The quantitative estimate of drug-likeness (QED) is 0.874. The van der Waals surface area contributed by atoms with Crippen molar-refractivity contribution in [1.82, 2.24) is 0 Å². The molecule has 0 radical (unpaired) electrons. The van der Waals surface area contributed by atoms with Crippen LogP contribution >= 0.6 is 15.9 Å². The summed E-state index contributed by atoms with van der Waals surface area (Å²) in [5.74, 6) is -0.0230. The van der Waals surface area contributed by atoms with Crippen LogP contribution in [-0.4, -0.2) is 12.5 Å². The molecule has 1 amide bonds. The molecule has 1 aliphatic heterocycles. The highest BCUT2D eigenvalue weighted by Crippen LogP contribution is 2.33. The maximum atomic E-state index is 14.1. The fourth-order valence-corrected chi connectivity index (χ4v) is 2.62. The number of amides is 1. The van der Waals surface area contributed by atoms with E-state index >= 15 is 0 Å². The van der Waals surface area contributed by atoms with Gasteiger partial charge in [0.1, 0.15) is 11.6 Å². The summed E-state index contributed by atoms with van der Waals surface area (Å²) in [4.78, 5) is 11.3. The molecule has 2 aromatic carbocycles. The predicted octanol–water partition coefficient (Wildman–Crippen LogP) is 2.97. The smallest absolute Gasteiger partial charge is 0.262 e. The van der Waals surface area contributed by atoms with Crippen molar-refractivity contribution in [3.8, 4) is 5.75 Å². The molecule has 0 saturated heterocycles. The van der Waals surface area contributed by atoms with E-state index in [2.05, 4.69) is 21.2 Å². The summed E-state index contributed by atoms with van der Waals surface area (Å²) in [6.07, 6.45) is 0. The Morgan fingerprint density at radius 1 is 1.33 bits per heavy atom. The summed E-state index contributed by atoms with van der Waals surface area (Å²) >= 11 is 3.15. The van der Waals surface area contributed by atoms with E-state index in [4.69, 9.17) is 10.5 Å². The fraction of sp³-hybridized carbons (Fsp3) is 0.133. The second-order valence-electron chi connectivity index (χ2n) is 4.71. The molecule has 0 bridgehead atoms. The van der Waals surface area contributed by atoms with Crippen molar-refractivity contribution in [1.29, 1.82) is 0 Å². The molecule has 1 aliphatic rings. The SMILES string of the molecule is NC(c1ccc2c(c1)NC(=O)CO2)c1cccc(Br)c1F. The first-order valence-electron chi connectivity index (χ1n) is 6.32. The zero-order valence-electron chi connectivity index (χ0n) is 10.9. The summed E-state index contributed by atoms with van der Waals surface area (Å²) < 4.78 is 19.8. The number of hydrogen-bond donors (Lipinski definition) is 2. The minimum atomic E-state index is -0.633. The van der Waals surface area contributed by atoms with E-state index in [9.17, 15) is 9.18 Å². The van der Waals surface area contributed by atoms with Gasteiger partial charge in [-0.15, -0.1) is 0 Å². The molecule has 2 aromatic rings. The standard InChI is InChI=1S/C15H12BrFN2O2/c16-10-3-1-2-9(14(10)17)15(18)8-4-5-12-11(6-8)19-13(20)7-21-12/h1-6,15H,7,18H2,(H,19,20). The van der Waals surface area contributed by atoms with Gasteiger partial charge >= 0.3 is 0 Å². The van der Waals surface area contributed by atoms with Crippen LogP contribution in [0.5, 0.6) is 5.75 Å². The van der Waals surface area contributed by atoms with E-state index < -0.39 is 6.04 Å². The number of anilines is 1. The van der Waals surface area contributed by atoms with Crippen molar-refractivity contribution in [2.75, 3.05) is 11.9 Å². The number of benzene rings is 2. The van der Waals surface area contributed by atoms with Crippen molar-refractivity contribution in [2.24, 2.45) is 5.73 Å². The number of rotatable bonds is 2. The van der Waals surface area contributed by atoms with Gasteiger partial charge in [0.25, 0.3) is 5.91 Å². The van der Waals surface area contributed by atoms with E-state index in [1.807, 2.05) is 0 Å². The lowest BCUT2D eigenvalue weighted by Gasteiger charge is -2.21. The van der Waals surface area contributed by atoms with Crippen LogP contribution in [0.3, 0.4) is 0 Å². The van der Waals surface area contributed by atoms with Crippen LogP contribution in [0.2, 0.25) is 0 Å². The number of fused-ring (bicyclic) bond motifs is 1. The first kappa shape index (κ1) is 14.0. The molecule has 3 rings (SSSR count). The summed E-state index contributed by atoms with van der Waals surface area (Å²) in [6.45, 7) is -0.00133. The summed E-state index contributed by atoms with van der Waals surface area (Å²) in [7, 11) is 0. The van der Waals surface area contributed by atoms with E-state index in [0.29, 0.717) is 27.0 Å². The van der Waals surface area contributed by atoms with E-state index in [-0.39, 0.29) is 18.3 Å². The number of nitrogens with one attached hydrogen (secondary N) is 1. The molecular weight excluding hydrogens is 339 g/mol. The number of ether oxygens (including phenoxy) is 1. The Hall–Kier alpha value is -1.92. The number of carbonyl (C=O) groups is 1. The summed E-state index contributed by atoms with van der Waals surface area (Å²) in [6, 6.07) is 9.54. The monoisotopic (exact) mass is 350 g/mol. The molecule has 0 aromatic heterocycles. The average molecular weight is 351 g/mol. The van der Waals surface area contributed by atoms with Crippen LogP contribution in [0.1, 0.15) is 17.2 Å². The Morgan fingerprint density at radius 2 is 2.14 bits per heavy atom. The molecule has 108 valence electrons. The van der Waals surface area contributed by atoms with Gasteiger partial charge in [-0.2, -0.15) is 0 Å². The van der Waals surface area contributed by atoms with Gasteiger partial charge < -0.3 is 15.8 Å². The molecule has 0 spiro atoms. The lowest BCUT2D eigenvalue weighted by atomic mass is 9.98. The van der Waals surface area contributed by atoms with E-state index in [1.165, 1.54) is 0 Å². The molecular formula is C15H12BrFN2O2. The lowest BCUT2D eigenvalue weighted by Crippen LogP contribution is -2.25. The second kappa shape index (κ2) is 5.46. The number of nitrogens with two attached hydrogens (primary N) is 1. The molecule has 0 saturated carbocycles. The Kier molecular flexibility index (Phi) is 3.65. The van der Waals surface area contributed by atoms with Gasteiger partial charge in [0.15, 0.2) is 6.61 Å². The van der Waals surface area contributed by atoms with Gasteiger partial charge in [-0.25, -0.2) is 4.39 Å². The van der Waals surface area contributed by atoms with E-state index in [1.54, 1.807) is 36.4 Å². The van der Waals surface area contributed by atoms with Gasteiger partial charge in [0, 0.05) is 5.56 Å². The second-order valence-corrected chi connectivity index (χ2v) is 5.57. The van der Waals surface area contributed by atoms with Crippen molar-refractivity contribution >= 4 is 27.5 Å². The molecule has 21 heavy (non-hydrogen) atoms. The van der Waals surface area contributed by atoms with E-state index in [0.717, 1.165) is 0 Å². The topological polar surface area (TPSA) is 64.3 Å². The maximum absolute atomic E-state index is 14.1. The van der Waals surface area contributed by atoms with Crippen molar-refractivity contribution in [2.45, 2.75) is 6.04 Å². The third-order valence-corrected chi connectivity index (χ3v) is 3.92. The zero-order chi connectivity index (χ0) is 15.0. The largest absolute Gasteiger partial charge is 0.482 e.